The third-order valence-electron chi connectivity index (χ3n) is 4.64. The van der Waals surface area contributed by atoms with Gasteiger partial charge in [0.05, 0.1) is 25.8 Å². The van der Waals surface area contributed by atoms with Gasteiger partial charge in [-0.3, -0.25) is 14.5 Å². The number of morpholine rings is 1. The molecular formula is C18H23N3O3. The monoisotopic (exact) mass is 329 g/mol. The minimum atomic E-state index is -0.366. The molecule has 128 valence electrons. The number of fused-ring (bicyclic) bond motifs is 1. The van der Waals surface area contributed by atoms with Crippen LogP contribution in [0.25, 0.3) is 10.9 Å². The van der Waals surface area contributed by atoms with Crippen molar-refractivity contribution in [3.63, 3.8) is 0 Å². The fraction of sp³-hybridized carbons (Fsp3) is 0.444. The molecule has 0 saturated carbocycles. The van der Waals surface area contributed by atoms with Gasteiger partial charge in [-0.15, -0.1) is 0 Å². The molecule has 6 nitrogen and oxygen atoms in total. The Balaban J connectivity index is 1.67. The topological polar surface area (TPSA) is 65.6 Å². The van der Waals surface area contributed by atoms with Crippen molar-refractivity contribution in [2.24, 2.45) is 0 Å². The predicted octanol–water partition coefficient (Wildman–Crippen LogP) is 1.53. The molecule has 0 bridgehead atoms. The van der Waals surface area contributed by atoms with Crippen LogP contribution >= 0.6 is 0 Å². The fourth-order valence-corrected chi connectivity index (χ4v) is 2.96. The van der Waals surface area contributed by atoms with E-state index in [-0.39, 0.29) is 24.3 Å². The Bertz CT molecular complexity index is 734. The van der Waals surface area contributed by atoms with E-state index in [9.17, 15) is 9.59 Å². The summed E-state index contributed by atoms with van der Waals surface area (Å²) in [6, 6.07) is 7.37. The smallest absolute Gasteiger partial charge is 0.236 e. The van der Waals surface area contributed by atoms with Gasteiger partial charge in [-0.05, 0) is 20.0 Å². The summed E-state index contributed by atoms with van der Waals surface area (Å²) in [5.41, 5.74) is 1.61. The Morgan fingerprint density at radius 1 is 1.29 bits per heavy atom. The van der Waals surface area contributed by atoms with E-state index in [1.54, 1.807) is 11.1 Å². The average Bonchev–Trinajstić information content (AvgIpc) is 3.05. The molecule has 1 atom stereocenters. The number of nitrogens with zero attached hydrogens (tertiary/aromatic N) is 2. The summed E-state index contributed by atoms with van der Waals surface area (Å²) in [5, 5.41) is 0.919. The summed E-state index contributed by atoms with van der Waals surface area (Å²) in [7, 11) is 1.82. The quantitative estimate of drug-likeness (QED) is 0.845. The first-order valence-corrected chi connectivity index (χ1v) is 8.24. The fourth-order valence-electron chi connectivity index (χ4n) is 2.96. The van der Waals surface area contributed by atoms with Crippen LogP contribution in [0.5, 0.6) is 0 Å². The standard InChI is InChI=1S/C18H23N3O3/c1-13(20(2)12-17(22)21-7-9-24-10-8-21)18(23)15-11-19-16-6-4-3-5-14(15)16/h3-6,11,13,19H,7-10,12H2,1-2H3/t13-/m0/s1. The molecule has 1 aromatic heterocycles. The van der Waals surface area contributed by atoms with Crippen molar-refractivity contribution >= 4 is 22.6 Å². The maximum atomic E-state index is 12.8. The molecule has 1 amide bonds. The number of rotatable bonds is 5. The van der Waals surface area contributed by atoms with Gasteiger partial charge >= 0.3 is 0 Å². The van der Waals surface area contributed by atoms with Crippen LogP contribution in [0.15, 0.2) is 30.5 Å². The zero-order valence-electron chi connectivity index (χ0n) is 14.1. The Hall–Kier alpha value is -2.18. The Morgan fingerprint density at radius 2 is 2.00 bits per heavy atom. The largest absolute Gasteiger partial charge is 0.378 e. The normalized spacial score (nSPS) is 16.5. The number of hydrogen-bond acceptors (Lipinski definition) is 4. The van der Waals surface area contributed by atoms with Crippen LogP contribution in [-0.2, 0) is 9.53 Å². The molecule has 0 spiro atoms. The van der Waals surface area contributed by atoms with E-state index in [1.807, 2.05) is 43.1 Å². The second-order valence-electron chi connectivity index (χ2n) is 6.20. The van der Waals surface area contributed by atoms with Crippen molar-refractivity contribution in [3.05, 3.63) is 36.0 Å². The van der Waals surface area contributed by atoms with Crippen molar-refractivity contribution in [1.82, 2.24) is 14.8 Å². The lowest BCUT2D eigenvalue weighted by molar-refractivity contribution is -0.136. The Labute approximate surface area is 141 Å². The van der Waals surface area contributed by atoms with Crippen molar-refractivity contribution < 1.29 is 14.3 Å². The molecule has 1 aliphatic heterocycles. The molecular weight excluding hydrogens is 306 g/mol. The molecule has 1 fully saturated rings. The number of aromatic nitrogens is 1. The van der Waals surface area contributed by atoms with E-state index in [4.69, 9.17) is 4.74 Å². The van der Waals surface area contributed by atoms with Gasteiger partial charge in [-0.2, -0.15) is 0 Å². The number of Topliss-reactive ketones (excluding diaryl/α,β-unsaturated/α-hetero) is 1. The molecule has 3 rings (SSSR count). The van der Waals surface area contributed by atoms with Gasteiger partial charge in [0.15, 0.2) is 5.78 Å². The van der Waals surface area contributed by atoms with E-state index in [2.05, 4.69) is 4.98 Å². The number of carbonyl (C=O) groups excluding carboxylic acids is 2. The van der Waals surface area contributed by atoms with Gasteiger partial charge in [0.1, 0.15) is 0 Å². The summed E-state index contributed by atoms with van der Waals surface area (Å²) in [6.07, 6.45) is 1.75. The van der Waals surface area contributed by atoms with Crippen molar-refractivity contribution in [1.29, 1.82) is 0 Å². The SMILES string of the molecule is C[C@@H](C(=O)c1c[nH]c2ccccc12)N(C)CC(=O)N1CCOCC1. The Morgan fingerprint density at radius 3 is 2.75 bits per heavy atom. The lowest BCUT2D eigenvalue weighted by atomic mass is 10.0. The molecule has 24 heavy (non-hydrogen) atoms. The van der Waals surface area contributed by atoms with Gasteiger partial charge in [-0.25, -0.2) is 0 Å². The van der Waals surface area contributed by atoms with E-state index in [1.165, 1.54) is 0 Å². The zero-order valence-corrected chi connectivity index (χ0v) is 14.1. The highest BCUT2D eigenvalue weighted by Crippen LogP contribution is 2.20. The number of ketones is 1. The van der Waals surface area contributed by atoms with Gasteiger partial charge in [0, 0.05) is 35.8 Å². The number of para-hydroxylation sites is 1. The maximum Gasteiger partial charge on any atom is 0.236 e. The molecule has 1 aromatic carbocycles. The van der Waals surface area contributed by atoms with E-state index in [0.717, 1.165) is 10.9 Å². The van der Waals surface area contributed by atoms with Gasteiger partial charge in [0.2, 0.25) is 5.91 Å². The van der Waals surface area contributed by atoms with Crippen molar-refractivity contribution in [3.8, 4) is 0 Å². The number of carbonyl (C=O) groups is 2. The number of amides is 1. The van der Waals surface area contributed by atoms with Gasteiger partial charge < -0.3 is 14.6 Å². The molecule has 1 N–H and O–H groups in total. The van der Waals surface area contributed by atoms with Crippen LogP contribution in [0.3, 0.4) is 0 Å². The van der Waals surface area contributed by atoms with E-state index < -0.39 is 0 Å². The second kappa shape index (κ2) is 7.15. The highest BCUT2D eigenvalue weighted by molar-refractivity contribution is 6.10. The minimum Gasteiger partial charge on any atom is -0.378 e. The number of aromatic amines is 1. The lowest BCUT2D eigenvalue weighted by Crippen LogP contribution is -2.47. The molecule has 0 radical (unpaired) electrons. The van der Waals surface area contributed by atoms with Crippen molar-refractivity contribution in [2.45, 2.75) is 13.0 Å². The molecule has 6 heteroatoms. The second-order valence-corrected chi connectivity index (χ2v) is 6.20. The summed E-state index contributed by atoms with van der Waals surface area (Å²) in [5.74, 6) is 0.0594. The molecule has 0 aliphatic carbocycles. The van der Waals surface area contributed by atoms with Crippen LogP contribution in [0, 0.1) is 0 Å². The molecule has 2 aromatic rings. The van der Waals surface area contributed by atoms with Gasteiger partial charge in [0.25, 0.3) is 0 Å². The lowest BCUT2D eigenvalue weighted by Gasteiger charge is -2.30. The molecule has 2 heterocycles. The Kier molecular flexibility index (Phi) is 4.97. The minimum absolute atomic E-state index is 0.0183. The summed E-state index contributed by atoms with van der Waals surface area (Å²) in [4.78, 5) is 31.9. The van der Waals surface area contributed by atoms with Crippen LogP contribution in [-0.4, -0.2) is 72.4 Å². The van der Waals surface area contributed by atoms with Crippen LogP contribution in [0.2, 0.25) is 0 Å². The number of nitrogens with one attached hydrogen (secondary N) is 1. The number of ether oxygens (including phenoxy) is 1. The maximum absolute atomic E-state index is 12.8. The third kappa shape index (κ3) is 3.34. The molecule has 1 saturated heterocycles. The highest BCUT2D eigenvalue weighted by Gasteiger charge is 2.25. The van der Waals surface area contributed by atoms with E-state index in [0.29, 0.717) is 31.9 Å². The predicted molar refractivity (Wildman–Crippen MR) is 92.1 cm³/mol. The first-order chi connectivity index (χ1) is 11.6. The summed E-state index contributed by atoms with van der Waals surface area (Å²) >= 11 is 0. The van der Waals surface area contributed by atoms with Gasteiger partial charge in [-0.1, -0.05) is 18.2 Å². The summed E-state index contributed by atoms with van der Waals surface area (Å²) < 4.78 is 5.27. The van der Waals surface area contributed by atoms with Crippen LogP contribution in [0.4, 0.5) is 0 Å². The average molecular weight is 329 g/mol. The number of benzene rings is 1. The first-order valence-electron chi connectivity index (χ1n) is 8.24. The molecule has 0 unspecified atom stereocenters. The zero-order chi connectivity index (χ0) is 17.1. The van der Waals surface area contributed by atoms with Crippen molar-refractivity contribution in [2.75, 3.05) is 39.9 Å². The summed E-state index contributed by atoms with van der Waals surface area (Å²) in [6.45, 7) is 4.49. The van der Waals surface area contributed by atoms with E-state index >= 15 is 0 Å². The first kappa shape index (κ1) is 16.7. The third-order valence-corrected chi connectivity index (χ3v) is 4.64. The number of likely N-dealkylation sites (N-methyl/N-ethyl adjacent to an activating group) is 1. The van der Waals surface area contributed by atoms with Crippen LogP contribution < -0.4 is 0 Å². The molecule has 1 aliphatic rings. The highest BCUT2D eigenvalue weighted by atomic mass is 16.5. The van der Waals surface area contributed by atoms with Crippen LogP contribution in [0.1, 0.15) is 17.3 Å². The number of H-pyrrole nitrogens is 1. The number of hydrogen-bond donors (Lipinski definition) is 1.